The predicted molar refractivity (Wildman–Crippen MR) is 61.9 cm³/mol. The largest absolute Gasteiger partial charge is 0.340 e. The molecule has 1 saturated heterocycles. The van der Waals surface area contributed by atoms with Crippen molar-refractivity contribution in [3.63, 3.8) is 0 Å². The fraction of sp³-hybridized carbons (Fsp3) is 0.800. The first-order valence-corrected chi connectivity index (χ1v) is 7.50. The van der Waals surface area contributed by atoms with Gasteiger partial charge in [-0.2, -0.15) is 9.29 Å². The number of hydrogen-bond donors (Lipinski definition) is 0. The number of sulfonamides is 1. The summed E-state index contributed by atoms with van der Waals surface area (Å²) in [7, 11) is -3.17. The Morgan fingerprint density at radius 1 is 1.47 bits per heavy atom. The average Bonchev–Trinajstić information content (AvgIpc) is 2.73. The molecule has 1 aliphatic rings. The highest BCUT2D eigenvalue weighted by Gasteiger charge is 2.37. The van der Waals surface area contributed by atoms with Crippen molar-refractivity contribution in [3.8, 4) is 0 Å². The highest BCUT2D eigenvalue weighted by Crippen LogP contribution is 2.28. The summed E-state index contributed by atoms with van der Waals surface area (Å²) in [6.07, 6.45) is 3.51. The lowest BCUT2D eigenvalue weighted by molar-refractivity contribution is 0.327. The maximum Gasteiger partial charge on any atom is 0.223 e. The Kier molecular flexibility index (Phi) is 3.22. The van der Waals surface area contributed by atoms with Gasteiger partial charge in [-0.25, -0.2) is 8.42 Å². The summed E-state index contributed by atoms with van der Waals surface area (Å²) in [6, 6.07) is 0.0139. The fourth-order valence-corrected chi connectivity index (χ4v) is 3.95. The molecule has 0 bridgehead atoms. The smallest absolute Gasteiger partial charge is 0.223 e. The summed E-state index contributed by atoms with van der Waals surface area (Å²) in [6.45, 7) is 3.66. The zero-order valence-electron chi connectivity index (χ0n) is 10.3. The molecule has 96 valence electrons. The highest BCUT2D eigenvalue weighted by atomic mass is 32.2. The van der Waals surface area contributed by atoms with Crippen LogP contribution in [-0.4, -0.2) is 41.2 Å². The van der Waals surface area contributed by atoms with Crippen molar-refractivity contribution >= 4 is 10.0 Å². The summed E-state index contributed by atoms with van der Waals surface area (Å²) in [5.41, 5.74) is 0. The van der Waals surface area contributed by atoms with Crippen LogP contribution in [0.25, 0.3) is 0 Å². The lowest BCUT2D eigenvalue weighted by Gasteiger charge is -2.24. The Morgan fingerprint density at radius 3 is 2.71 bits per heavy atom. The van der Waals surface area contributed by atoms with E-state index in [1.807, 2.05) is 6.92 Å². The maximum absolute atomic E-state index is 11.7. The van der Waals surface area contributed by atoms with Gasteiger partial charge in [0, 0.05) is 25.4 Å². The van der Waals surface area contributed by atoms with Crippen LogP contribution < -0.4 is 0 Å². The summed E-state index contributed by atoms with van der Waals surface area (Å²) in [4.78, 5) is 4.12. The SMILES string of the molecule is Cc1nc(CC2CCC(C)N2S(C)(=O)=O)no1. The van der Waals surface area contributed by atoms with E-state index in [0.29, 0.717) is 18.1 Å². The molecule has 0 N–H and O–H groups in total. The molecule has 0 saturated carbocycles. The molecule has 0 spiro atoms. The quantitative estimate of drug-likeness (QED) is 0.800. The van der Waals surface area contributed by atoms with Crippen molar-refractivity contribution in [1.29, 1.82) is 0 Å². The Labute approximate surface area is 101 Å². The van der Waals surface area contributed by atoms with Crippen LogP contribution >= 0.6 is 0 Å². The van der Waals surface area contributed by atoms with Gasteiger partial charge in [0.25, 0.3) is 0 Å². The summed E-state index contributed by atoms with van der Waals surface area (Å²) in [5.74, 6) is 1.09. The predicted octanol–water partition coefficient (Wildman–Crippen LogP) is 0.733. The van der Waals surface area contributed by atoms with Gasteiger partial charge >= 0.3 is 0 Å². The molecule has 2 unspecified atom stereocenters. The third kappa shape index (κ3) is 2.66. The molecule has 1 aliphatic heterocycles. The molecule has 17 heavy (non-hydrogen) atoms. The van der Waals surface area contributed by atoms with Crippen molar-refractivity contribution < 1.29 is 12.9 Å². The number of nitrogens with zero attached hydrogens (tertiary/aromatic N) is 3. The van der Waals surface area contributed by atoms with Crippen molar-refractivity contribution in [1.82, 2.24) is 14.4 Å². The summed E-state index contributed by atoms with van der Waals surface area (Å²) >= 11 is 0. The van der Waals surface area contributed by atoms with E-state index in [-0.39, 0.29) is 12.1 Å². The van der Waals surface area contributed by atoms with Crippen molar-refractivity contribution in [2.45, 2.75) is 45.2 Å². The van der Waals surface area contributed by atoms with Crippen LogP contribution in [0.3, 0.4) is 0 Å². The lowest BCUT2D eigenvalue weighted by Crippen LogP contribution is -2.40. The van der Waals surface area contributed by atoms with Gasteiger partial charge in [0.1, 0.15) is 0 Å². The molecule has 7 heteroatoms. The van der Waals surface area contributed by atoms with Gasteiger partial charge in [0.05, 0.1) is 6.26 Å². The number of aryl methyl sites for hydroxylation is 1. The maximum atomic E-state index is 11.7. The average molecular weight is 259 g/mol. The summed E-state index contributed by atoms with van der Waals surface area (Å²) in [5, 5.41) is 3.81. The van der Waals surface area contributed by atoms with E-state index >= 15 is 0 Å². The van der Waals surface area contributed by atoms with E-state index in [2.05, 4.69) is 10.1 Å². The second kappa shape index (κ2) is 4.38. The minimum absolute atomic E-state index is 0.0444. The van der Waals surface area contributed by atoms with Crippen LogP contribution in [-0.2, 0) is 16.4 Å². The normalized spacial score (nSPS) is 26.5. The van der Waals surface area contributed by atoms with Crippen LogP contribution in [0.4, 0.5) is 0 Å². The van der Waals surface area contributed by atoms with Crippen molar-refractivity contribution in [2.75, 3.05) is 6.26 Å². The zero-order chi connectivity index (χ0) is 12.6. The number of rotatable bonds is 3. The first-order chi connectivity index (χ1) is 7.88. The second-order valence-electron chi connectivity index (χ2n) is 4.61. The first-order valence-electron chi connectivity index (χ1n) is 5.65. The lowest BCUT2D eigenvalue weighted by atomic mass is 10.1. The molecule has 1 aromatic heterocycles. The molecule has 6 nitrogen and oxygen atoms in total. The monoisotopic (exact) mass is 259 g/mol. The van der Waals surface area contributed by atoms with Crippen molar-refractivity contribution in [3.05, 3.63) is 11.7 Å². The van der Waals surface area contributed by atoms with E-state index < -0.39 is 10.0 Å². The Morgan fingerprint density at radius 2 is 2.18 bits per heavy atom. The van der Waals surface area contributed by atoms with E-state index in [1.165, 1.54) is 6.26 Å². The van der Waals surface area contributed by atoms with Crippen LogP contribution in [0.15, 0.2) is 4.52 Å². The van der Waals surface area contributed by atoms with Gasteiger partial charge in [0.15, 0.2) is 5.82 Å². The van der Waals surface area contributed by atoms with Gasteiger partial charge in [-0.05, 0) is 19.8 Å². The van der Waals surface area contributed by atoms with Gasteiger partial charge < -0.3 is 4.52 Å². The topological polar surface area (TPSA) is 76.3 Å². The van der Waals surface area contributed by atoms with Crippen LogP contribution in [0.1, 0.15) is 31.5 Å². The second-order valence-corrected chi connectivity index (χ2v) is 6.49. The fourth-order valence-electron chi connectivity index (χ4n) is 2.47. The minimum atomic E-state index is -3.17. The molecule has 1 aromatic rings. The van der Waals surface area contributed by atoms with E-state index in [0.717, 1.165) is 12.8 Å². The molecule has 0 aliphatic carbocycles. The molecule has 2 heterocycles. The third-order valence-electron chi connectivity index (χ3n) is 3.08. The zero-order valence-corrected chi connectivity index (χ0v) is 11.1. The van der Waals surface area contributed by atoms with Crippen molar-refractivity contribution in [2.24, 2.45) is 0 Å². The molecular weight excluding hydrogens is 242 g/mol. The standard InChI is InChI=1S/C10H17N3O3S/c1-7-4-5-9(13(7)17(3,14)15)6-10-11-8(2)16-12-10/h7,9H,4-6H2,1-3H3. The molecule has 0 radical (unpaired) electrons. The van der Waals surface area contributed by atoms with Gasteiger partial charge in [-0.15, -0.1) is 0 Å². The minimum Gasteiger partial charge on any atom is -0.340 e. The van der Waals surface area contributed by atoms with Crippen LogP contribution in [0, 0.1) is 6.92 Å². The Bertz CT molecular complexity index is 497. The molecule has 2 atom stereocenters. The van der Waals surface area contributed by atoms with E-state index in [1.54, 1.807) is 11.2 Å². The Hall–Kier alpha value is -0.950. The Balaban J connectivity index is 2.16. The molecule has 0 amide bonds. The van der Waals surface area contributed by atoms with E-state index in [9.17, 15) is 8.42 Å². The van der Waals surface area contributed by atoms with Gasteiger partial charge in [-0.1, -0.05) is 5.16 Å². The van der Waals surface area contributed by atoms with Gasteiger partial charge in [0.2, 0.25) is 15.9 Å². The number of aromatic nitrogens is 2. The summed E-state index contributed by atoms with van der Waals surface area (Å²) < 4.78 is 29.9. The van der Waals surface area contributed by atoms with Crippen LogP contribution in [0.5, 0.6) is 0 Å². The molecule has 1 fully saturated rings. The molecule has 0 aromatic carbocycles. The van der Waals surface area contributed by atoms with E-state index in [4.69, 9.17) is 4.52 Å². The first kappa shape index (κ1) is 12.5. The highest BCUT2D eigenvalue weighted by molar-refractivity contribution is 7.88. The van der Waals surface area contributed by atoms with Crippen LogP contribution in [0.2, 0.25) is 0 Å². The third-order valence-corrected chi connectivity index (χ3v) is 4.51. The number of hydrogen-bond acceptors (Lipinski definition) is 5. The van der Waals surface area contributed by atoms with Gasteiger partial charge in [-0.3, -0.25) is 0 Å². The molecule has 2 rings (SSSR count). The molecular formula is C10H17N3O3S.